The highest BCUT2D eigenvalue weighted by Gasteiger charge is 2.56. The third kappa shape index (κ3) is 11.5. The van der Waals surface area contributed by atoms with Crippen molar-refractivity contribution in [2.24, 2.45) is 0 Å². The molecule has 4 heterocycles. The number of nitrogens with zero attached hydrogens (tertiary/aromatic N) is 4. The summed E-state index contributed by atoms with van der Waals surface area (Å²) in [5, 5.41) is 17.9. The van der Waals surface area contributed by atoms with Crippen LogP contribution in [0.5, 0.6) is 0 Å². The monoisotopic (exact) mass is 1860 g/mol. The van der Waals surface area contributed by atoms with Gasteiger partial charge in [-0.05, 0) is 303 Å². The lowest BCUT2D eigenvalue weighted by Gasteiger charge is -2.32. The highest BCUT2D eigenvalue weighted by atomic mass is 16.3. The van der Waals surface area contributed by atoms with Crippen LogP contribution in [0, 0.1) is 0 Å². The van der Waals surface area contributed by atoms with Gasteiger partial charge >= 0.3 is 0 Å². The third-order valence-electron chi connectivity index (χ3n) is 31.5. The van der Waals surface area contributed by atoms with Gasteiger partial charge < -0.3 is 37.3 Å². The first-order valence-corrected chi connectivity index (χ1v) is 50.2. The fourth-order valence-corrected chi connectivity index (χ4v) is 25.9. The predicted molar refractivity (Wildman–Crippen MR) is 603 cm³/mol. The Morgan fingerprint density at radius 1 is 0.151 bits per heavy atom. The molecule has 4 aromatic heterocycles. The molecule has 0 unspecified atom stereocenters. The number of fused-ring (bicyclic) bond motifs is 44. The average Bonchev–Trinajstić information content (AvgIpc) is 1.49. The molecule has 24 aromatic carbocycles. The van der Waals surface area contributed by atoms with Gasteiger partial charge in [0.2, 0.25) is 0 Å². The lowest BCUT2D eigenvalue weighted by atomic mass is 9.69. The molecule has 0 aliphatic heterocycles. The van der Waals surface area contributed by atoms with Crippen LogP contribution >= 0.6 is 0 Å². The first-order chi connectivity index (χ1) is 72.5. The topological polar surface area (TPSA) is 65.5 Å². The Bertz CT molecular complexity index is 10000. The van der Waals surface area contributed by atoms with Gasteiger partial charge in [-0.15, -0.1) is 0 Å². The van der Waals surface area contributed by atoms with Gasteiger partial charge in [0.15, 0.2) is 11.2 Å². The summed E-state index contributed by atoms with van der Waals surface area (Å²) in [6.07, 6.45) is 0. The Kier molecular flexibility index (Phi) is 17.7. The smallest absolute Gasteiger partial charge is 0.160 e. The minimum atomic E-state index is -0.705. The molecular formula is C138H84N4O4. The van der Waals surface area contributed by atoms with E-state index in [-0.39, 0.29) is 0 Å². The number of rotatable bonds is 12. The molecular weight excluding hydrogens is 1780 g/mol. The van der Waals surface area contributed by atoms with E-state index < -0.39 is 10.8 Å². The van der Waals surface area contributed by atoms with Crippen molar-refractivity contribution < 1.29 is 17.7 Å². The fraction of sp³-hybridized carbons (Fsp3) is 0.0145. The number of hydrogen-bond acceptors (Lipinski definition) is 8. The summed E-state index contributed by atoms with van der Waals surface area (Å²) in [5.74, 6) is 0. The van der Waals surface area contributed by atoms with Gasteiger partial charge in [0, 0.05) is 111 Å². The van der Waals surface area contributed by atoms with Crippen molar-refractivity contribution in [3.8, 4) is 44.5 Å². The molecule has 8 heteroatoms. The molecule has 8 nitrogen and oxygen atoms in total. The molecule has 680 valence electrons. The SMILES string of the molecule is c1ccc(N(c2ccccc2)c2ccc3c4c(c5c6ccccc6oc5c3c2)-c2cc3c(cc2C42c4ccccc4-c4ccccc42)cc(N(c2ccccc2)c2ccccc2)c2oc4ccccc4c23)cc1.c1ccc(N(c2ccccc2)c2ccc3c4c(c5oc6ccccc6c5c3c2)-c2cc3c(cc2C42c4ccccc4-c4ccccc42)cc(N(c2ccccc2)c2ccccc2)c2oc4ccccc4c23)cc1. The van der Waals surface area contributed by atoms with Gasteiger partial charge in [-0.25, -0.2) is 0 Å². The van der Waals surface area contributed by atoms with Crippen LogP contribution in [-0.4, -0.2) is 0 Å². The largest absolute Gasteiger partial charge is 0.455 e. The molecule has 0 atom stereocenters. The quantitative estimate of drug-likeness (QED) is 0.120. The minimum Gasteiger partial charge on any atom is -0.455 e. The summed E-state index contributed by atoms with van der Waals surface area (Å²) >= 11 is 0. The second-order valence-corrected chi connectivity index (χ2v) is 38.9. The molecule has 4 aliphatic carbocycles. The van der Waals surface area contributed by atoms with Crippen molar-refractivity contribution in [3.05, 3.63) is 554 Å². The maximum absolute atomic E-state index is 7.37. The molecule has 32 rings (SSSR count). The van der Waals surface area contributed by atoms with Crippen LogP contribution in [0.3, 0.4) is 0 Å². The molecule has 0 bridgehead atoms. The number of para-hydroxylation sites is 12. The molecule has 0 fully saturated rings. The van der Waals surface area contributed by atoms with Gasteiger partial charge in [0.05, 0.1) is 22.2 Å². The summed E-state index contributed by atoms with van der Waals surface area (Å²) in [5.41, 5.74) is 38.0. The second kappa shape index (κ2) is 31.6. The van der Waals surface area contributed by atoms with Gasteiger partial charge in [-0.1, -0.05) is 328 Å². The number of hydrogen-bond donors (Lipinski definition) is 0. The minimum absolute atomic E-state index is 0.691. The molecule has 0 saturated heterocycles. The zero-order chi connectivity index (χ0) is 95.6. The Labute approximate surface area is 839 Å². The summed E-state index contributed by atoms with van der Waals surface area (Å²) in [7, 11) is 0. The van der Waals surface area contributed by atoms with Crippen molar-refractivity contribution in [2.45, 2.75) is 10.8 Å². The number of furan rings is 4. The number of benzene rings is 24. The van der Waals surface area contributed by atoms with Crippen molar-refractivity contribution in [2.75, 3.05) is 19.6 Å². The Balaban J connectivity index is 0.000000133. The highest BCUT2D eigenvalue weighted by molar-refractivity contribution is 6.32. The lowest BCUT2D eigenvalue weighted by molar-refractivity contribution is 0.669. The fourth-order valence-electron chi connectivity index (χ4n) is 25.9. The third-order valence-corrected chi connectivity index (χ3v) is 31.5. The maximum Gasteiger partial charge on any atom is 0.160 e. The molecule has 2 spiro atoms. The van der Waals surface area contributed by atoms with E-state index in [2.05, 4.69) is 529 Å². The van der Waals surface area contributed by atoms with Crippen LogP contribution in [0.1, 0.15) is 44.5 Å². The van der Waals surface area contributed by atoms with E-state index in [0.29, 0.717) is 0 Å². The van der Waals surface area contributed by atoms with E-state index in [1.54, 1.807) is 0 Å². The van der Waals surface area contributed by atoms with Gasteiger partial charge in [-0.2, -0.15) is 0 Å². The van der Waals surface area contributed by atoms with Crippen LogP contribution in [-0.2, 0) is 10.8 Å². The highest BCUT2D eigenvalue weighted by Crippen LogP contribution is 2.70. The lowest BCUT2D eigenvalue weighted by Crippen LogP contribution is -2.26. The Morgan fingerprint density at radius 2 is 0.418 bits per heavy atom. The van der Waals surface area contributed by atoms with Crippen molar-refractivity contribution in [1.29, 1.82) is 0 Å². The van der Waals surface area contributed by atoms with E-state index in [1.807, 2.05) is 0 Å². The van der Waals surface area contributed by atoms with Crippen molar-refractivity contribution in [1.82, 2.24) is 0 Å². The Morgan fingerprint density at radius 3 is 0.774 bits per heavy atom. The van der Waals surface area contributed by atoms with Crippen LogP contribution in [0.15, 0.2) is 527 Å². The van der Waals surface area contributed by atoms with Crippen LogP contribution < -0.4 is 19.6 Å². The second-order valence-electron chi connectivity index (χ2n) is 38.9. The van der Waals surface area contributed by atoms with Gasteiger partial charge in [0.1, 0.15) is 33.5 Å². The van der Waals surface area contributed by atoms with E-state index >= 15 is 0 Å². The zero-order valence-corrected chi connectivity index (χ0v) is 78.9. The van der Waals surface area contributed by atoms with E-state index in [1.165, 1.54) is 88.8 Å². The standard InChI is InChI=1S/2C69H42N2O2/c1-5-21-44(22-6-1)70(45-23-7-2-8-24-45)48-37-38-51-55(41-48)67-65(53-32-16-20-36-62(53)72-67)64-56-42-54-43(39-59(56)69(66(51)64)57-33-17-13-29-49(57)50-30-14-18-34-58(50)69)40-60(68-63(54)52-31-15-19-35-61(52)73-68)71(46-25-9-3-10-26-46)47-27-11-4-12-28-47;1-5-21-44(22-6-1)70(45-23-7-2-8-24-45)48-37-38-51-55(41-48)64-53-32-16-20-36-62(53)73-68(64)65-56-42-54-43(39-59(56)69(66(51)65)57-33-17-13-29-49(57)50-30-14-18-34-58(50)69)40-60(67-63(54)52-31-15-19-35-61(52)72-67)71(46-25-9-3-10-26-46)47-27-11-4-12-28-47/h2*1-42H. The summed E-state index contributed by atoms with van der Waals surface area (Å²) < 4.78 is 28.8. The summed E-state index contributed by atoms with van der Waals surface area (Å²) in [4.78, 5) is 9.41. The molecule has 0 saturated carbocycles. The van der Waals surface area contributed by atoms with E-state index in [9.17, 15) is 0 Å². The zero-order valence-electron chi connectivity index (χ0n) is 78.9. The van der Waals surface area contributed by atoms with E-state index in [0.717, 1.165) is 199 Å². The molecule has 0 radical (unpaired) electrons. The molecule has 0 amide bonds. The number of anilines is 12. The first kappa shape index (κ1) is 81.5. The summed E-state index contributed by atoms with van der Waals surface area (Å²) in [6, 6.07) is 185. The van der Waals surface area contributed by atoms with E-state index in [4.69, 9.17) is 17.7 Å². The van der Waals surface area contributed by atoms with Gasteiger partial charge in [0.25, 0.3) is 0 Å². The van der Waals surface area contributed by atoms with Crippen LogP contribution in [0.2, 0.25) is 0 Å². The first-order valence-electron chi connectivity index (χ1n) is 50.2. The Hall–Kier alpha value is -19.3. The molecule has 28 aromatic rings. The predicted octanol–water partition coefficient (Wildman–Crippen LogP) is 38.1. The van der Waals surface area contributed by atoms with Gasteiger partial charge in [-0.3, -0.25) is 0 Å². The normalized spacial score (nSPS) is 13.0. The molecule has 4 aliphatic rings. The van der Waals surface area contributed by atoms with Crippen LogP contribution in [0.4, 0.5) is 68.2 Å². The molecule has 146 heavy (non-hydrogen) atoms. The molecule has 0 N–H and O–H groups in total. The summed E-state index contributed by atoms with van der Waals surface area (Å²) in [6.45, 7) is 0. The van der Waals surface area contributed by atoms with Crippen molar-refractivity contribution in [3.63, 3.8) is 0 Å². The average molecular weight is 1860 g/mol. The maximum atomic E-state index is 7.37. The van der Waals surface area contributed by atoms with Crippen LogP contribution in [0.25, 0.3) is 175 Å². The van der Waals surface area contributed by atoms with Crippen molar-refractivity contribution >= 4 is 199 Å².